The van der Waals surface area contributed by atoms with Crippen LogP contribution in [-0.2, 0) is 14.3 Å². The Morgan fingerprint density at radius 1 is 0.500 bits per heavy atom. The zero-order valence-electron chi connectivity index (χ0n) is 36.0. The summed E-state index contributed by atoms with van der Waals surface area (Å²) in [6.45, 7) is 4.84. The van der Waals surface area contributed by atoms with E-state index in [9.17, 15) is 19.8 Å². The van der Waals surface area contributed by atoms with E-state index in [0.29, 0.717) is 19.4 Å². The van der Waals surface area contributed by atoms with E-state index in [4.69, 9.17) is 4.74 Å². The molecule has 0 spiro atoms. The third-order valence-corrected chi connectivity index (χ3v) is 10.7. The summed E-state index contributed by atoms with van der Waals surface area (Å²) in [5, 5.41) is 22.9. The van der Waals surface area contributed by atoms with Crippen LogP contribution in [-0.4, -0.2) is 47.4 Å². The Morgan fingerprint density at radius 2 is 0.870 bits per heavy atom. The summed E-state index contributed by atoms with van der Waals surface area (Å²) in [6, 6.07) is -0.646. The van der Waals surface area contributed by atoms with Gasteiger partial charge < -0.3 is 20.3 Å². The first-order valence-corrected chi connectivity index (χ1v) is 23.6. The van der Waals surface area contributed by atoms with Gasteiger partial charge in [-0.25, -0.2) is 0 Å². The third-order valence-electron chi connectivity index (χ3n) is 10.7. The molecular formula is C48H91NO5. The lowest BCUT2D eigenvalue weighted by atomic mass is 10.0. The maximum absolute atomic E-state index is 12.4. The van der Waals surface area contributed by atoms with Crippen molar-refractivity contribution in [1.82, 2.24) is 5.32 Å². The maximum atomic E-state index is 12.4. The van der Waals surface area contributed by atoms with Crippen molar-refractivity contribution in [1.29, 1.82) is 0 Å². The second kappa shape index (κ2) is 44.1. The van der Waals surface area contributed by atoms with Gasteiger partial charge in [-0.05, 0) is 57.8 Å². The van der Waals surface area contributed by atoms with Crippen molar-refractivity contribution < 1.29 is 24.5 Å². The normalized spacial score (nSPS) is 12.9. The van der Waals surface area contributed by atoms with E-state index in [1.54, 1.807) is 6.08 Å². The van der Waals surface area contributed by atoms with Crippen LogP contribution in [0.3, 0.4) is 0 Å². The molecular weight excluding hydrogens is 671 g/mol. The van der Waals surface area contributed by atoms with Crippen LogP contribution in [0.5, 0.6) is 0 Å². The molecule has 0 aromatic rings. The average Bonchev–Trinajstić information content (AvgIpc) is 3.17. The van der Waals surface area contributed by atoms with Crippen LogP contribution in [0.4, 0.5) is 0 Å². The van der Waals surface area contributed by atoms with E-state index in [0.717, 1.165) is 70.6 Å². The van der Waals surface area contributed by atoms with Crippen LogP contribution in [0.15, 0.2) is 24.3 Å². The van der Waals surface area contributed by atoms with E-state index >= 15 is 0 Å². The largest absolute Gasteiger partial charge is 0.466 e. The fraction of sp³-hybridized carbons (Fsp3) is 0.875. The Labute approximate surface area is 335 Å². The van der Waals surface area contributed by atoms with E-state index < -0.39 is 12.1 Å². The Bertz CT molecular complexity index is 843. The highest BCUT2D eigenvalue weighted by Crippen LogP contribution is 2.15. The van der Waals surface area contributed by atoms with Gasteiger partial charge in [0.15, 0.2) is 0 Å². The van der Waals surface area contributed by atoms with Crippen LogP contribution in [0.1, 0.15) is 245 Å². The summed E-state index contributed by atoms with van der Waals surface area (Å²) in [4.78, 5) is 24.3. The Morgan fingerprint density at radius 3 is 1.33 bits per heavy atom. The summed E-state index contributed by atoms with van der Waals surface area (Å²) in [6.07, 6.45) is 50.2. The van der Waals surface area contributed by atoms with Crippen molar-refractivity contribution in [2.75, 3.05) is 13.2 Å². The van der Waals surface area contributed by atoms with E-state index in [-0.39, 0.29) is 18.5 Å². The minimum Gasteiger partial charge on any atom is -0.466 e. The van der Waals surface area contributed by atoms with Crippen LogP contribution >= 0.6 is 0 Å². The number of amides is 1. The number of ether oxygens (including phenoxy) is 1. The van der Waals surface area contributed by atoms with Crippen LogP contribution in [0.2, 0.25) is 0 Å². The Kier molecular flexibility index (Phi) is 42.7. The summed E-state index contributed by atoms with van der Waals surface area (Å²) in [5.41, 5.74) is 0. The molecule has 54 heavy (non-hydrogen) atoms. The molecule has 0 aromatic carbocycles. The maximum Gasteiger partial charge on any atom is 0.305 e. The fourth-order valence-electron chi connectivity index (χ4n) is 7.04. The molecule has 0 rings (SSSR count). The number of nitrogens with one attached hydrogen (secondary N) is 1. The van der Waals surface area contributed by atoms with Gasteiger partial charge in [0.05, 0.1) is 25.4 Å². The highest BCUT2D eigenvalue weighted by molar-refractivity contribution is 5.76. The number of unbranched alkanes of at least 4 members (excludes halogenated alkanes) is 30. The first-order chi connectivity index (χ1) is 26.5. The van der Waals surface area contributed by atoms with Crippen molar-refractivity contribution in [2.45, 2.75) is 257 Å². The van der Waals surface area contributed by atoms with E-state index in [1.807, 2.05) is 6.08 Å². The number of hydrogen-bond acceptors (Lipinski definition) is 5. The first-order valence-electron chi connectivity index (χ1n) is 23.6. The predicted molar refractivity (Wildman–Crippen MR) is 232 cm³/mol. The molecule has 0 aliphatic rings. The van der Waals surface area contributed by atoms with Gasteiger partial charge in [-0.1, -0.05) is 199 Å². The zero-order chi connectivity index (χ0) is 39.4. The monoisotopic (exact) mass is 762 g/mol. The number of allylic oxidation sites excluding steroid dienone is 3. The van der Waals surface area contributed by atoms with Gasteiger partial charge in [-0.15, -0.1) is 0 Å². The van der Waals surface area contributed by atoms with Gasteiger partial charge in [-0.3, -0.25) is 9.59 Å². The highest BCUT2D eigenvalue weighted by atomic mass is 16.5. The third kappa shape index (κ3) is 40.0. The smallest absolute Gasteiger partial charge is 0.305 e. The fourth-order valence-corrected chi connectivity index (χ4v) is 7.04. The molecule has 3 N–H and O–H groups in total. The van der Waals surface area contributed by atoms with Gasteiger partial charge in [0.2, 0.25) is 5.91 Å². The predicted octanol–water partition coefficient (Wildman–Crippen LogP) is 13.6. The number of hydrogen-bond donors (Lipinski definition) is 3. The number of carbonyl (C=O) groups excluding carboxylic acids is 2. The van der Waals surface area contributed by atoms with Gasteiger partial charge in [0.1, 0.15) is 0 Å². The lowest BCUT2D eigenvalue weighted by Crippen LogP contribution is -2.45. The molecule has 2 atom stereocenters. The second-order valence-corrected chi connectivity index (χ2v) is 16.1. The van der Waals surface area contributed by atoms with Crippen LogP contribution in [0, 0.1) is 0 Å². The summed E-state index contributed by atoms with van der Waals surface area (Å²) < 4.78 is 5.44. The Balaban J connectivity index is 3.54. The topological polar surface area (TPSA) is 95.9 Å². The van der Waals surface area contributed by atoms with Crippen LogP contribution in [0.25, 0.3) is 0 Å². The highest BCUT2D eigenvalue weighted by Gasteiger charge is 2.18. The molecule has 0 radical (unpaired) electrons. The standard InChI is InChI=1S/C48H91NO5/c1-3-5-7-9-11-13-15-20-24-28-32-36-40-46(51)45(44-50)49-47(52)41-37-33-29-25-21-18-17-19-23-27-31-35-39-43-54-48(53)42-38-34-30-26-22-16-14-12-10-8-6-4-2/h18,21,36,40,45-46,50-51H,3-17,19-20,22-35,37-39,41-44H2,1-2H3,(H,49,52)/b21-18-,40-36+. The van der Waals surface area contributed by atoms with Gasteiger partial charge in [-0.2, -0.15) is 0 Å². The lowest BCUT2D eigenvalue weighted by Gasteiger charge is -2.19. The summed E-state index contributed by atoms with van der Waals surface area (Å²) in [5.74, 6) is -0.113. The molecule has 6 heteroatoms. The summed E-state index contributed by atoms with van der Waals surface area (Å²) >= 11 is 0. The van der Waals surface area contributed by atoms with Crippen molar-refractivity contribution in [2.24, 2.45) is 0 Å². The SMILES string of the molecule is CCCCCCCCCCCC/C=C/C(O)C(CO)NC(=O)CCCCC/C=C\CCCCCCCCOC(=O)CCCCCCCCCCCCCC. The van der Waals surface area contributed by atoms with Gasteiger partial charge >= 0.3 is 5.97 Å². The second-order valence-electron chi connectivity index (χ2n) is 16.1. The zero-order valence-corrected chi connectivity index (χ0v) is 36.0. The minimum atomic E-state index is -0.859. The molecule has 0 heterocycles. The van der Waals surface area contributed by atoms with Crippen molar-refractivity contribution in [3.8, 4) is 0 Å². The molecule has 0 aliphatic heterocycles. The molecule has 0 saturated carbocycles. The van der Waals surface area contributed by atoms with E-state index in [2.05, 4.69) is 31.3 Å². The summed E-state index contributed by atoms with van der Waals surface area (Å²) in [7, 11) is 0. The number of rotatable bonds is 43. The molecule has 318 valence electrons. The molecule has 0 aromatic heterocycles. The number of aliphatic hydroxyl groups excluding tert-OH is 2. The molecule has 0 bridgehead atoms. The first kappa shape index (κ1) is 52.3. The van der Waals surface area contributed by atoms with E-state index in [1.165, 1.54) is 148 Å². The lowest BCUT2D eigenvalue weighted by molar-refractivity contribution is -0.143. The molecule has 0 saturated heterocycles. The average molecular weight is 762 g/mol. The molecule has 2 unspecified atom stereocenters. The molecule has 6 nitrogen and oxygen atoms in total. The molecule has 0 fully saturated rings. The van der Waals surface area contributed by atoms with Crippen molar-refractivity contribution >= 4 is 11.9 Å². The Hall–Kier alpha value is -1.66. The number of esters is 1. The number of carbonyl (C=O) groups is 2. The quantitative estimate of drug-likeness (QED) is 0.0327. The van der Waals surface area contributed by atoms with Crippen LogP contribution < -0.4 is 5.32 Å². The number of aliphatic hydroxyl groups is 2. The van der Waals surface area contributed by atoms with Crippen molar-refractivity contribution in [3.05, 3.63) is 24.3 Å². The van der Waals surface area contributed by atoms with Gasteiger partial charge in [0.25, 0.3) is 0 Å². The van der Waals surface area contributed by atoms with Gasteiger partial charge in [0, 0.05) is 12.8 Å². The molecule has 1 amide bonds. The minimum absolute atomic E-state index is 0.0141. The molecule has 0 aliphatic carbocycles. The van der Waals surface area contributed by atoms with Crippen molar-refractivity contribution in [3.63, 3.8) is 0 Å².